The van der Waals surface area contributed by atoms with E-state index in [-0.39, 0.29) is 5.75 Å². The van der Waals surface area contributed by atoms with Crippen LogP contribution in [-0.4, -0.2) is 35.3 Å². The van der Waals surface area contributed by atoms with Gasteiger partial charge in [0.1, 0.15) is 11.5 Å². The predicted octanol–water partition coefficient (Wildman–Crippen LogP) is 0.406. The topological polar surface area (TPSA) is 86.7 Å². The zero-order chi connectivity index (χ0) is 13.1. The van der Waals surface area contributed by atoms with E-state index in [0.717, 1.165) is 6.26 Å². The summed E-state index contributed by atoms with van der Waals surface area (Å²) in [4.78, 5) is 0. The van der Waals surface area contributed by atoms with Crippen molar-refractivity contribution in [1.82, 2.24) is 0 Å². The Kier molecular flexibility index (Phi) is 3.99. The lowest BCUT2D eigenvalue weighted by Gasteiger charge is -2.06. The van der Waals surface area contributed by atoms with E-state index in [4.69, 9.17) is 4.74 Å². The summed E-state index contributed by atoms with van der Waals surface area (Å²) < 4.78 is 53.9. The number of ether oxygens (including phenoxy) is 1. The molecule has 0 N–H and O–H groups in total. The maximum Gasteiger partial charge on any atom is 0.323 e. The van der Waals surface area contributed by atoms with Crippen LogP contribution in [0.1, 0.15) is 0 Å². The van der Waals surface area contributed by atoms with E-state index in [2.05, 4.69) is 4.18 Å². The fourth-order valence-corrected chi connectivity index (χ4v) is 3.76. The average molecular weight is 280 g/mol. The molecular weight excluding hydrogens is 268 g/mol. The highest BCUT2D eigenvalue weighted by molar-refractivity contribution is 8.05. The van der Waals surface area contributed by atoms with E-state index in [1.54, 1.807) is 0 Å². The molecule has 0 spiro atoms. The number of methoxy groups -OCH3 is 1. The van der Waals surface area contributed by atoms with Gasteiger partial charge in [0.2, 0.25) is 0 Å². The lowest BCUT2D eigenvalue weighted by atomic mass is 10.3. The summed E-state index contributed by atoms with van der Waals surface area (Å²) in [7, 11) is -6.32. The Labute approximate surface area is 100 Å². The molecule has 0 saturated heterocycles. The first kappa shape index (κ1) is 13.8. The second-order valence-electron chi connectivity index (χ2n) is 3.36. The fraction of sp³-hybridized carbons (Fsp3) is 0.333. The predicted molar refractivity (Wildman–Crippen MR) is 62.3 cm³/mol. The third-order valence-electron chi connectivity index (χ3n) is 1.64. The summed E-state index contributed by atoms with van der Waals surface area (Å²) in [6, 6.07) is 5.76. The molecule has 17 heavy (non-hydrogen) atoms. The highest BCUT2D eigenvalue weighted by Gasteiger charge is 2.20. The number of benzene rings is 1. The maximum absolute atomic E-state index is 11.3. The second kappa shape index (κ2) is 4.92. The molecule has 0 bridgehead atoms. The number of sulfone groups is 1. The smallest absolute Gasteiger partial charge is 0.323 e. The van der Waals surface area contributed by atoms with Gasteiger partial charge in [-0.2, -0.15) is 8.42 Å². The first-order valence-corrected chi connectivity index (χ1v) is 8.09. The normalized spacial score (nSPS) is 12.1. The van der Waals surface area contributed by atoms with Crippen LogP contribution in [0.5, 0.6) is 11.5 Å². The lowest BCUT2D eigenvalue weighted by molar-refractivity contribution is 0.413. The van der Waals surface area contributed by atoms with Crippen LogP contribution in [0.3, 0.4) is 0 Å². The summed E-state index contributed by atoms with van der Waals surface area (Å²) in [5.74, 6) is 0.576. The van der Waals surface area contributed by atoms with Crippen molar-refractivity contribution >= 4 is 20.0 Å². The van der Waals surface area contributed by atoms with Gasteiger partial charge in [-0.15, -0.1) is 0 Å². The second-order valence-corrected chi connectivity index (χ2v) is 7.44. The van der Waals surface area contributed by atoms with Crippen LogP contribution in [-0.2, 0) is 20.0 Å². The molecule has 0 saturated carbocycles. The molecule has 0 fully saturated rings. The lowest BCUT2D eigenvalue weighted by Crippen LogP contribution is -2.20. The van der Waals surface area contributed by atoms with E-state index in [0.29, 0.717) is 5.75 Å². The van der Waals surface area contributed by atoms with Gasteiger partial charge in [0.05, 0.1) is 7.11 Å². The number of rotatable bonds is 5. The van der Waals surface area contributed by atoms with Crippen molar-refractivity contribution in [2.45, 2.75) is 0 Å². The van der Waals surface area contributed by atoms with Crippen molar-refractivity contribution in [2.75, 3.05) is 18.5 Å². The molecule has 0 aliphatic rings. The van der Waals surface area contributed by atoms with Gasteiger partial charge in [-0.05, 0) is 24.3 Å². The third kappa shape index (κ3) is 5.05. The molecule has 0 atom stereocenters. The highest BCUT2D eigenvalue weighted by atomic mass is 32.3. The van der Waals surface area contributed by atoms with Crippen LogP contribution in [0.15, 0.2) is 24.3 Å². The fourth-order valence-electron chi connectivity index (χ4n) is 1.06. The van der Waals surface area contributed by atoms with Gasteiger partial charge in [-0.25, -0.2) is 8.42 Å². The molecule has 0 aliphatic carbocycles. The molecule has 1 rings (SSSR count). The zero-order valence-corrected chi connectivity index (χ0v) is 10.9. The molecule has 0 heterocycles. The SMILES string of the molecule is COc1ccc(OS(=O)(=O)CS(C)(=O)=O)cc1. The van der Waals surface area contributed by atoms with Crippen LogP contribution < -0.4 is 8.92 Å². The molecule has 0 aliphatic heterocycles. The van der Waals surface area contributed by atoms with Crippen LogP contribution in [0.2, 0.25) is 0 Å². The largest absolute Gasteiger partial charge is 0.497 e. The van der Waals surface area contributed by atoms with E-state index in [1.165, 1.54) is 31.4 Å². The van der Waals surface area contributed by atoms with Crippen LogP contribution in [0.4, 0.5) is 0 Å². The number of hydrogen-bond acceptors (Lipinski definition) is 6. The molecular formula is C9H12O6S2. The van der Waals surface area contributed by atoms with Crippen LogP contribution in [0, 0.1) is 0 Å². The van der Waals surface area contributed by atoms with E-state index in [1.807, 2.05) is 0 Å². The van der Waals surface area contributed by atoms with E-state index < -0.39 is 25.0 Å². The summed E-state index contributed by atoms with van der Waals surface area (Å²) in [6.07, 6.45) is 0.821. The maximum atomic E-state index is 11.3. The Bertz CT molecular complexity index is 570. The summed E-state index contributed by atoms with van der Waals surface area (Å²) in [5, 5.41) is -1.05. The first-order chi connectivity index (χ1) is 7.72. The zero-order valence-electron chi connectivity index (χ0n) is 9.28. The Morgan fingerprint density at radius 2 is 1.47 bits per heavy atom. The van der Waals surface area contributed by atoms with Gasteiger partial charge in [0.15, 0.2) is 14.9 Å². The number of hydrogen-bond donors (Lipinski definition) is 0. The van der Waals surface area contributed by atoms with Crippen LogP contribution >= 0.6 is 0 Å². The summed E-state index contributed by atoms with van der Waals surface area (Å²) >= 11 is 0. The van der Waals surface area contributed by atoms with Crippen molar-refractivity contribution in [3.63, 3.8) is 0 Å². The summed E-state index contributed by atoms with van der Waals surface area (Å²) in [5.41, 5.74) is 0. The molecule has 96 valence electrons. The standard InChI is InChI=1S/C9H12O6S2/c1-14-8-3-5-9(6-4-8)15-17(12,13)7-16(2,10)11/h3-6H,7H2,1-2H3. The molecule has 0 aromatic heterocycles. The van der Waals surface area contributed by atoms with Gasteiger partial charge >= 0.3 is 10.1 Å². The molecule has 1 aromatic rings. The molecule has 0 amide bonds. The van der Waals surface area contributed by atoms with Crippen molar-refractivity contribution in [3.8, 4) is 11.5 Å². The molecule has 0 unspecified atom stereocenters. The van der Waals surface area contributed by atoms with Crippen molar-refractivity contribution in [1.29, 1.82) is 0 Å². The molecule has 6 nitrogen and oxygen atoms in total. The third-order valence-corrected chi connectivity index (χ3v) is 4.95. The monoisotopic (exact) mass is 280 g/mol. The minimum atomic E-state index is -4.14. The average Bonchev–Trinajstić information content (AvgIpc) is 2.14. The van der Waals surface area contributed by atoms with Crippen molar-refractivity contribution in [2.24, 2.45) is 0 Å². The molecule has 1 aromatic carbocycles. The Morgan fingerprint density at radius 1 is 1.00 bits per heavy atom. The molecule has 0 radical (unpaired) electrons. The molecule has 8 heteroatoms. The highest BCUT2D eigenvalue weighted by Crippen LogP contribution is 2.18. The van der Waals surface area contributed by atoms with E-state index >= 15 is 0 Å². The van der Waals surface area contributed by atoms with Gasteiger partial charge in [0, 0.05) is 6.26 Å². The van der Waals surface area contributed by atoms with Crippen molar-refractivity contribution < 1.29 is 25.8 Å². The van der Waals surface area contributed by atoms with Gasteiger partial charge in [-0.1, -0.05) is 0 Å². The Hall–Kier alpha value is -1.28. The van der Waals surface area contributed by atoms with Gasteiger partial charge in [-0.3, -0.25) is 0 Å². The minimum Gasteiger partial charge on any atom is -0.497 e. The Balaban J connectivity index is 2.83. The van der Waals surface area contributed by atoms with Gasteiger partial charge in [0.25, 0.3) is 0 Å². The first-order valence-electron chi connectivity index (χ1n) is 4.46. The van der Waals surface area contributed by atoms with Crippen LogP contribution in [0.25, 0.3) is 0 Å². The minimum absolute atomic E-state index is 0.0365. The summed E-state index contributed by atoms with van der Waals surface area (Å²) in [6.45, 7) is 0. The van der Waals surface area contributed by atoms with Gasteiger partial charge < -0.3 is 8.92 Å². The van der Waals surface area contributed by atoms with E-state index in [9.17, 15) is 16.8 Å². The van der Waals surface area contributed by atoms with Crippen molar-refractivity contribution in [3.05, 3.63) is 24.3 Å². The quantitative estimate of drug-likeness (QED) is 0.726. The Morgan fingerprint density at radius 3 is 1.88 bits per heavy atom.